The second-order valence-corrected chi connectivity index (χ2v) is 2.19. The highest BCUT2D eigenvalue weighted by Gasteiger charge is 2.01. The summed E-state index contributed by atoms with van der Waals surface area (Å²) >= 11 is 5.36. The minimum Gasteiger partial charge on any atom is -0.264 e. The first-order valence-corrected chi connectivity index (χ1v) is 3.14. The van der Waals surface area contributed by atoms with Crippen LogP contribution in [0.3, 0.4) is 0 Å². The zero-order chi connectivity index (χ0) is 8.27. The van der Waals surface area contributed by atoms with Crippen molar-refractivity contribution < 1.29 is 4.92 Å². The Kier molecular flexibility index (Phi) is 2.32. The van der Waals surface area contributed by atoms with E-state index in [1.807, 2.05) is 0 Å². The van der Waals surface area contributed by atoms with Gasteiger partial charge in [-0.2, -0.15) is 0 Å². The molecule has 0 aliphatic heterocycles. The quantitative estimate of drug-likeness (QED) is 0.379. The van der Waals surface area contributed by atoms with Gasteiger partial charge in [0.25, 0.3) is 0 Å². The zero-order valence-electron chi connectivity index (χ0n) is 5.40. The minimum absolute atomic E-state index is 0.0945. The lowest BCUT2D eigenvalue weighted by molar-refractivity contribution is -0.496. The summed E-state index contributed by atoms with van der Waals surface area (Å²) in [6.45, 7) is -0.267. The van der Waals surface area contributed by atoms with Gasteiger partial charge < -0.3 is 0 Å². The topological polar surface area (TPSA) is 68.9 Å². The molecule has 0 aromatic carbocycles. The summed E-state index contributed by atoms with van der Waals surface area (Å²) in [6, 6.07) is 0. The van der Waals surface area contributed by atoms with Crippen LogP contribution in [-0.2, 0) is 6.54 Å². The van der Waals surface area contributed by atoms with Gasteiger partial charge in [0.15, 0.2) is 0 Å². The Bertz CT molecular complexity index is 261. The molecule has 0 N–H and O–H groups in total. The molecule has 0 saturated heterocycles. The average Bonchev–Trinajstić information content (AvgIpc) is 1.93. The van der Waals surface area contributed by atoms with Crippen LogP contribution in [0.5, 0.6) is 0 Å². The number of nitrogens with zero attached hydrogens (tertiary/aromatic N) is 3. The number of aromatic nitrogens is 2. The molecule has 1 heterocycles. The van der Waals surface area contributed by atoms with E-state index in [1.54, 1.807) is 0 Å². The van der Waals surface area contributed by atoms with Gasteiger partial charge in [-0.1, -0.05) is 0 Å². The van der Waals surface area contributed by atoms with Gasteiger partial charge in [-0.15, -0.1) is 0 Å². The molecule has 0 amide bonds. The SMILES string of the molecule is O=[N+]([O-])Cc1cnc(Cl)nc1. The predicted molar refractivity (Wildman–Crippen MR) is 37.7 cm³/mol. The van der Waals surface area contributed by atoms with E-state index in [2.05, 4.69) is 9.97 Å². The van der Waals surface area contributed by atoms with Crippen molar-refractivity contribution in [1.29, 1.82) is 0 Å². The van der Waals surface area contributed by atoms with Crippen molar-refractivity contribution in [3.05, 3.63) is 33.4 Å². The van der Waals surface area contributed by atoms with Crippen LogP contribution in [0.1, 0.15) is 5.56 Å². The third-order valence-corrected chi connectivity index (χ3v) is 1.18. The molecule has 0 spiro atoms. The molecule has 5 nitrogen and oxygen atoms in total. The second-order valence-electron chi connectivity index (χ2n) is 1.85. The molecule has 0 atom stereocenters. The second kappa shape index (κ2) is 3.25. The Morgan fingerprint density at radius 3 is 2.55 bits per heavy atom. The molecule has 1 aromatic heterocycles. The number of hydrogen-bond acceptors (Lipinski definition) is 4. The predicted octanol–water partition coefficient (Wildman–Crippen LogP) is 0.907. The molecular weight excluding hydrogens is 170 g/mol. The number of hydrogen-bond donors (Lipinski definition) is 0. The average molecular weight is 174 g/mol. The first-order chi connectivity index (χ1) is 5.18. The minimum atomic E-state index is -0.452. The molecule has 1 rings (SSSR count). The van der Waals surface area contributed by atoms with E-state index in [4.69, 9.17) is 11.6 Å². The summed E-state index contributed by atoms with van der Waals surface area (Å²) in [5, 5.41) is 10.1. The summed E-state index contributed by atoms with van der Waals surface area (Å²) in [7, 11) is 0. The molecule has 0 fully saturated rings. The molecule has 0 saturated carbocycles. The summed E-state index contributed by atoms with van der Waals surface area (Å²) in [4.78, 5) is 16.7. The lowest BCUT2D eigenvalue weighted by atomic mass is 10.3. The normalized spacial score (nSPS) is 9.55. The maximum absolute atomic E-state index is 9.97. The maximum atomic E-state index is 9.97. The highest BCUT2D eigenvalue weighted by molar-refractivity contribution is 6.28. The lowest BCUT2D eigenvalue weighted by Crippen LogP contribution is -1.99. The fourth-order valence-corrected chi connectivity index (χ4v) is 0.667. The van der Waals surface area contributed by atoms with Gasteiger partial charge in [-0.3, -0.25) is 10.1 Å². The van der Waals surface area contributed by atoms with Gasteiger partial charge in [0.05, 0.1) is 5.56 Å². The molecule has 0 aliphatic rings. The van der Waals surface area contributed by atoms with Crippen molar-refractivity contribution in [3.8, 4) is 0 Å². The molecule has 11 heavy (non-hydrogen) atoms. The monoisotopic (exact) mass is 173 g/mol. The Morgan fingerprint density at radius 2 is 2.09 bits per heavy atom. The van der Waals surface area contributed by atoms with Crippen molar-refractivity contribution >= 4 is 11.6 Å². The molecule has 1 aromatic rings. The number of halogens is 1. The van der Waals surface area contributed by atoms with Gasteiger partial charge >= 0.3 is 0 Å². The molecule has 0 bridgehead atoms. The first kappa shape index (κ1) is 7.87. The van der Waals surface area contributed by atoms with Crippen molar-refractivity contribution in [2.24, 2.45) is 0 Å². The fraction of sp³-hybridized carbons (Fsp3) is 0.200. The van der Waals surface area contributed by atoms with Gasteiger partial charge in [0, 0.05) is 17.3 Å². The molecule has 0 aliphatic carbocycles. The standard InChI is InChI=1S/C5H4ClN3O2/c6-5-7-1-4(2-8-5)3-9(10)11/h1-2H,3H2. The smallest absolute Gasteiger partial charge is 0.231 e. The van der Waals surface area contributed by atoms with Crippen molar-refractivity contribution in [2.75, 3.05) is 0 Å². The summed E-state index contributed by atoms with van der Waals surface area (Å²) in [5.74, 6) is 0. The maximum Gasteiger partial charge on any atom is 0.231 e. The molecule has 6 heteroatoms. The molecule has 0 radical (unpaired) electrons. The van der Waals surface area contributed by atoms with Crippen LogP contribution >= 0.6 is 11.6 Å². The van der Waals surface area contributed by atoms with Gasteiger partial charge in [-0.25, -0.2) is 9.97 Å². The van der Waals surface area contributed by atoms with Crippen LogP contribution < -0.4 is 0 Å². The van der Waals surface area contributed by atoms with Crippen molar-refractivity contribution in [1.82, 2.24) is 9.97 Å². The summed E-state index contributed by atoms with van der Waals surface area (Å²) < 4.78 is 0. The largest absolute Gasteiger partial charge is 0.264 e. The first-order valence-electron chi connectivity index (χ1n) is 2.76. The van der Waals surface area contributed by atoms with E-state index in [0.29, 0.717) is 5.56 Å². The molecular formula is C5H4ClN3O2. The van der Waals surface area contributed by atoms with Crippen LogP contribution in [0, 0.1) is 10.1 Å². The number of nitro groups is 1. The number of rotatable bonds is 2. The van der Waals surface area contributed by atoms with E-state index in [0.717, 1.165) is 0 Å². The summed E-state index contributed by atoms with van der Waals surface area (Å²) in [5.41, 5.74) is 0.444. The molecule has 0 unspecified atom stereocenters. The Balaban J connectivity index is 2.74. The van der Waals surface area contributed by atoms with Gasteiger partial charge in [-0.05, 0) is 11.6 Å². The van der Waals surface area contributed by atoms with E-state index >= 15 is 0 Å². The third-order valence-electron chi connectivity index (χ3n) is 0.985. The highest BCUT2D eigenvalue weighted by Crippen LogP contribution is 2.00. The van der Waals surface area contributed by atoms with E-state index in [-0.39, 0.29) is 11.8 Å². The van der Waals surface area contributed by atoms with Crippen molar-refractivity contribution in [2.45, 2.75) is 6.54 Å². The fourth-order valence-electron chi connectivity index (χ4n) is 0.570. The van der Waals surface area contributed by atoms with Gasteiger partial charge in [0.1, 0.15) is 0 Å². The van der Waals surface area contributed by atoms with E-state index in [9.17, 15) is 10.1 Å². The lowest BCUT2D eigenvalue weighted by Gasteiger charge is -1.92. The Labute approximate surface area is 67.2 Å². The van der Waals surface area contributed by atoms with E-state index < -0.39 is 4.92 Å². The van der Waals surface area contributed by atoms with Gasteiger partial charge in [0.2, 0.25) is 11.8 Å². The van der Waals surface area contributed by atoms with Crippen LogP contribution in [0.2, 0.25) is 5.28 Å². The van der Waals surface area contributed by atoms with E-state index in [1.165, 1.54) is 12.4 Å². The van der Waals surface area contributed by atoms with Crippen LogP contribution in [0.25, 0.3) is 0 Å². The van der Waals surface area contributed by atoms with Crippen LogP contribution in [0.15, 0.2) is 12.4 Å². The Hall–Kier alpha value is -1.23. The molecule has 58 valence electrons. The zero-order valence-corrected chi connectivity index (χ0v) is 6.15. The van der Waals surface area contributed by atoms with Crippen LogP contribution in [0.4, 0.5) is 0 Å². The van der Waals surface area contributed by atoms with Crippen LogP contribution in [-0.4, -0.2) is 14.9 Å². The van der Waals surface area contributed by atoms with Crippen molar-refractivity contribution in [3.63, 3.8) is 0 Å². The highest BCUT2D eigenvalue weighted by atomic mass is 35.5. The summed E-state index contributed by atoms with van der Waals surface area (Å²) in [6.07, 6.45) is 2.66. The third kappa shape index (κ3) is 2.46. The Morgan fingerprint density at radius 1 is 1.55 bits per heavy atom.